The van der Waals surface area contributed by atoms with Crippen LogP contribution in [0.25, 0.3) is 43.7 Å². The Balaban J connectivity index is 0.905. The highest BCUT2D eigenvalue weighted by Crippen LogP contribution is 2.49. The molecule has 0 bridgehead atoms. The van der Waals surface area contributed by atoms with Gasteiger partial charge in [-0.1, -0.05) is 106 Å². The van der Waals surface area contributed by atoms with Crippen molar-refractivity contribution in [3.05, 3.63) is 134 Å². The van der Waals surface area contributed by atoms with Crippen LogP contribution in [0.4, 0.5) is 11.4 Å². The molecule has 4 N–H and O–H groups in total. The van der Waals surface area contributed by atoms with Crippen LogP contribution in [0.1, 0.15) is 22.9 Å². The second-order valence-electron chi connectivity index (χ2n) is 16.6. The Morgan fingerprint density at radius 1 is 0.653 bits per heavy atom. The highest BCUT2D eigenvalue weighted by Gasteiger charge is 2.32. The van der Waals surface area contributed by atoms with E-state index in [-0.39, 0.29) is 55.6 Å². The van der Waals surface area contributed by atoms with E-state index in [2.05, 4.69) is 46.3 Å². The molecule has 0 saturated carbocycles. The minimum atomic E-state index is -4.50. The first kappa shape index (κ1) is 52.0. The Bertz CT molecular complexity index is 3630. The largest absolute Gasteiger partial charge is 0.373 e. The van der Waals surface area contributed by atoms with Gasteiger partial charge in [0.2, 0.25) is 17.6 Å². The second kappa shape index (κ2) is 21.9. The molecule has 5 aromatic carbocycles. The van der Waals surface area contributed by atoms with Crippen molar-refractivity contribution < 1.29 is 57.6 Å². The first-order valence-corrected chi connectivity index (χ1v) is 30.6. The van der Waals surface area contributed by atoms with Crippen molar-refractivity contribution in [1.82, 2.24) is 5.32 Å². The number of nitrogens with zero attached hydrogens (tertiary/aromatic N) is 4. The molecule has 0 fully saturated rings. The number of halogens is 1. The van der Waals surface area contributed by atoms with E-state index in [0.717, 1.165) is 52.2 Å². The van der Waals surface area contributed by atoms with Crippen molar-refractivity contribution in [2.75, 3.05) is 54.2 Å². The number of anilines is 2. The molecule has 1 amide bonds. The van der Waals surface area contributed by atoms with Gasteiger partial charge in [-0.15, -0.1) is 0 Å². The first-order chi connectivity index (χ1) is 34.4. The molecule has 0 spiro atoms. The zero-order valence-corrected chi connectivity index (χ0v) is 44.4. The molecule has 24 heteroatoms. The third kappa shape index (κ3) is 12.5. The van der Waals surface area contributed by atoms with E-state index in [0.29, 0.717) is 45.3 Å². The lowest BCUT2D eigenvalue weighted by atomic mass is 10.1. The summed E-state index contributed by atoms with van der Waals surface area (Å²) < 4.78 is 111. The van der Waals surface area contributed by atoms with Gasteiger partial charge in [-0.05, 0) is 72.5 Å². The average Bonchev–Trinajstić information content (AvgIpc) is 4.06. The molecule has 7 aromatic rings. The first-order valence-electron chi connectivity index (χ1n) is 22.3. The molecule has 9 rings (SSSR count). The Hall–Kier alpha value is -4.89. The predicted molar refractivity (Wildman–Crippen MR) is 285 cm³/mol. The molecule has 2 aliphatic heterocycles. The van der Waals surface area contributed by atoms with Gasteiger partial charge in [-0.25, -0.2) is 0 Å². The molecule has 0 radical (unpaired) electrons. The lowest BCUT2D eigenvalue weighted by molar-refractivity contribution is -0.670. The summed E-state index contributed by atoms with van der Waals surface area (Å²) in [6, 6.07) is 33.8. The number of thioether (sulfide) groups is 2. The lowest BCUT2D eigenvalue weighted by Crippen LogP contribution is -2.44. The highest BCUT2D eigenvalue weighted by molar-refractivity contribution is 8.04. The van der Waals surface area contributed by atoms with Gasteiger partial charge in [0.15, 0.2) is 6.54 Å². The van der Waals surface area contributed by atoms with Crippen LogP contribution >= 0.6 is 57.8 Å². The zero-order chi connectivity index (χ0) is 50.8. The van der Waals surface area contributed by atoms with Gasteiger partial charge < -0.3 is 19.9 Å². The summed E-state index contributed by atoms with van der Waals surface area (Å²) in [5, 5.41) is 6.65. The van der Waals surface area contributed by atoms with E-state index in [1.54, 1.807) is 23.1 Å². The minimum absolute atomic E-state index is 0.0458. The summed E-state index contributed by atoms with van der Waals surface area (Å²) in [4.78, 5) is 18.7. The van der Waals surface area contributed by atoms with Gasteiger partial charge >= 0.3 is 0 Å². The monoisotopic (exact) mass is 1130 g/mol. The number of ether oxygens (including phenoxy) is 1. The number of carbonyl (C=O) groups is 1. The summed E-state index contributed by atoms with van der Waals surface area (Å²) in [6.45, 7) is 1.68. The number of nitrogens with one attached hydrogen (secondary N) is 1. The normalized spacial score (nSPS) is 15.1. The number of hydrogen-bond acceptors (Lipinski definition) is 14. The maximum atomic E-state index is 13.7. The zero-order valence-electron chi connectivity index (χ0n) is 38.0. The summed E-state index contributed by atoms with van der Waals surface area (Å²) in [7, 11) is -12.9. The number of para-hydroxylation sites is 1. The molecule has 0 saturated heterocycles. The van der Waals surface area contributed by atoms with E-state index in [1.807, 2.05) is 81.1 Å². The molecule has 72 heavy (non-hydrogen) atoms. The SMILES string of the molecule is O=C(C[n+]1c(C=C2Sc3cc(S(=O)(=O)O)ccc3N2CCCS(=O)(=O)O)sc2ccccc21)NCCOCC[n+]1c(C=C2Sc3ccc(Cl)cc3N2CCCS(=O)(=O)O)sc2ccc(-c3ccccc3)cc21. The number of amides is 1. The predicted octanol–water partition coefficient (Wildman–Crippen LogP) is 8.47. The number of rotatable bonds is 20. The number of carbonyl (C=O) groups excluding carboxylic acids is 1. The van der Waals surface area contributed by atoms with Crippen molar-refractivity contribution >= 4 is 138 Å². The van der Waals surface area contributed by atoms with E-state index in [4.69, 9.17) is 16.3 Å². The van der Waals surface area contributed by atoms with Crippen LogP contribution < -0.4 is 24.3 Å². The molecule has 0 atom stereocenters. The van der Waals surface area contributed by atoms with E-state index >= 15 is 0 Å². The van der Waals surface area contributed by atoms with Crippen molar-refractivity contribution in [2.45, 2.75) is 40.6 Å². The Morgan fingerprint density at radius 3 is 1.99 bits per heavy atom. The van der Waals surface area contributed by atoms with Crippen molar-refractivity contribution in [1.29, 1.82) is 0 Å². The van der Waals surface area contributed by atoms with Crippen LogP contribution in [0, 0.1) is 0 Å². The average molecular weight is 1130 g/mol. The van der Waals surface area contributed by atoms with Crippen molar-refractivity contribution in [2.24, 2.45) is 0 Å². The molecular weight excluding hydrogens is 1080 g/mol. The van der Waals surface area contributed by atoms with Crippen LogP contribution in [-0.2, 0) is 53.0 Å². The third-order valence-electron chi connectivity index (χ3n) is 11.6. The fourth-order valence-corrected chi connectivity index (χ4v) is 14.7. The lowest BCUT2D eigenvalue weighted by Gasteiger charge is -2.20. The van der Waals surface area contributed by atoms with Crippen LogP contribution in [0.3, 0.4) is 0 Å². The second-order valence-corrected chi connectivity index (χ2v) is 25.8. The quantitative estimate of drug-likeness (QED) is 0.0320. The van der Waals surface area contributed by atoms with Crippen LogP contribution in [-0.4, -0.2) is 89.2 Å². The van der Waals surface area contributed by atoms with Gasteiger partial charge in [0, 0.05) is 46.6 Å². The molecule has 2 aliphatic rings. The fraction of sp³-hybridized carbons (Fsp3) is 0.229. The number of fused-ring (bicyclic) bond motifs is 4. The number of hydrogen-bond donors (Lipinski definition) is 4. The molecule has 0 aliphatic carbocycles. The third-order valence-corrected chi connectivity index (χ3v) is 18.7. The molecule has 376 valence electrons. The Morgan fingerprint density at radius 2 is 1.29 bits per heavy atom. The van der Waals surface area contributed by atoms with Gasteiger partial charge in [-0.3, -0.25) is 18.5 Å². The highest BCUT2D eigenvalue weighted by atomic mass is 35.5. The minimum Gasteiger partial charge on any atom is -0.373 e. The van der Waals surface area contributed by atoms with E-state index in [1.165, 1.54) is 41.3 Å². The molecular formula is C48H46ClN5O11S7+2. The molecule has 16 nitrogen and oxygen atoms in total. The standard InChI is InChI=1S/C48H44ClN5O11S7/c49-34-13-17-42-39(27-34)52(20-7-25-71(59,60)61)46(68-42)29-47-53(38-26-33(12-16-41(38)67-47)32-8-2-1-3-9-32)21-23-65-22-18-50-44(55)31-54-36-10-4-5-11-40(36)66-48(54)30-45-51(19-6-24-70(56,57)58)37-15-14-35(72(62,63)64)28-43(37)69-45/h1-5,8-17,26-30H,6-7,18-25,31H2,(H2-2,50,55,56,57,58,59,60,61,62,63,64)/p+2. The Labute approximate surface area is 437 Å². The number of thiazole rings is 2. The maximum absolute atomic E-state index is 13.7. The summed E-state index contributed by atoms with van der Waals surface area (Å²) in [5.41, 5.74) is 5.37. The van der Waals surface area contributed by atoms with Crippen molar-refractivity contribution in [3.63, 3.8) is 0 Å². The topological polar surface area (TPSA) is 216 Å². The molecule has 2 aromatic heterocycles. The van der Waals surface area contributed by atoms with Gasteiger partial charge in [0.05, 0.1) is 56.6 Å². The summed E-state index contributed by atoms with van der Waals surface area (Å²) in [5.74, 6) is -1.13. The fourth-order valence-electron chi connectivity index (χ4n) is 8.31. The Kier molecular flexibility index (Phi) is 15.8. The van der Waals surface area contributed by atoms with Gasteiger partial charge in [0.1, 0.15) is 16.0 Å². The van der Waals surface area contributed by atoms with E-state index < -0.39 is 36.1 Å². The molecule has 4 heterocycles. The van der Waals surface area contributed by atoms with Crippen LogP contribution in [0.2, 0.25) is 5.02 Å². The van der Waals surface area contributed by atoms with Crippen LogP contribution in [0.15, 0.2) is 134 Å². The summed E-state index contributed by atoms with van der Waals surface area (Å²) in [6.07, 6.45) is 4.20. The number of aromatic nitrogens is 2. The van der Waals surface area contributed by atoms with Crippen molar-refractivity contribution in [3.8, 4) is 11.1 Å². The molecule has 0 unspecified atom stereocenters. The summed E-state index contributed by atoms with van der Waals surface area (Å²) >= 11 is 12.3. The van der Waals surface area contributed by atoms with Gasteiger partial charge in [0.25, 0.3) is 46.3 Å². The maximum Gasteiger partial charge on any atom is 0.294 e. The van der Waals surface area contributed by atoms with Gasteiger partial charge in [-0.2, -0.15) is 34.4 Å². The smallest absolute Gasteiger partial charge is 0.294 e. The number of benzene rings is 5. The van der Waals surface area contributed by atoms with Crippen LogP contribution in [0.5, 0.6) is 0 Å². The van der Waals surface area contributed by atoms with E-state index in [9.17, 15) is 43.7 Å².